The normalized spacial score (nSPS) is 18.3. The number of hydrogen-bond acceptors (Lipinski definition) is 2. The Morgan fingerprint density at radius 3 is 2.33 bits per heavy atom. The largest absolute Gasteiger partial charge is 0.396 e. The molecule has 0 aliphatic rings. The Morgan fingerprint density at radius 2 is 1.92 bits per heavy atom. The minimum Gasteiger partial charge on any atom is -0.396 e. The van der Waals surface area contributed by atoms with E-state index < -0.39 is 0 Å². The number of allylic oxidation sites excluding steroid dienone is 1. The van der Waals surface area contributed by atoms with Crippen molar-refractivity contribution < 1.29 is 10.2 Å². The van der Waals surface area contributed by atoms with E-state index in [0.717, 1.165) is 12.8 Å². The van der Waals surface area contributed by atoms with E-state index in [9.17, 15) is 5.11 Å². The Morgan fingerprint density at radius 1 is 1.33 bits per heavy atom. The van der Waals surface area contributed by atoms with Crippen LogP contribution in [0.4, 0.5) is 0 Å². The quantitative estimate of drug-likeness (QED) is 0.597. The number of rotatable bonds is 6. The van der Waals surface area contributed by atoms with Crippen molar-refractivity contribution in [1.82, 2.24) is 0 Å². The van der Waals surface area contributed by atoms with E-state index in [1.807, 2.05) is 13.0 Å². The van der Waals surface area contributed by atoms with Crippen LogP contribution >= 0.6 is 0 Å². The van der Waals surface area contributed by atoms with E-state index in [4.69, 9.17) is 5.11 Å². The van der Waals surface area contributed by atoms with E-state index in [2.05, 4.69) is 13.5 Å². The molecule has 12 heavy (non-hydrogen) atoms. The second-order valence-corrected chi connectivity index (χ2v) is 3.52. The van der Waals surface area contributed by atoms with Gasteiger partial charge in [0.05, 0.1) is 6.10 Å². The van der Waals surface area contributed by atoms with E-state index >= 15 is 0 Å². The maximum Gasteiger partial charge on any atom is 0.0587 e. The third kappa shape index (κ3) is 4.52. The molecule has 0 saturated carbocycles. The third-order valence-corrected chi connectivity index (χ3v) is 2.26. The van der Waals surface area contributed by atoms with Crippen LogP contribution in [0.2, 0.25) is 0 Å². The maximum atomic E-state index is 9.47. The molecule has 0 bridgehead atoms. The van der Waals surface area contributed by atoms with Crippen LogP contribution in [0.1, 0.15) is 26.7 Å². The first-order chi connectivity index (χ1) is 5.61. The Labute approximate surface area is 74.9 Å². The minimum absolute atomic E-state index is 0.0120. The van der Waals surface area contributed by atoms with E-state index in [0.29, 0.717) is 5.92 Å². The molecule has 0 heterocycles. The fourth-order valence-electron chi connectivity index (χ4n) is 0.958. The molecule has 0 aliphatic carbocycles. The molecule has 0 fully saturated rings. The van der Waals surface area contributed by atoms with Crippen LogP contribution in [-0.4, -0.2) is 22.9 Å². The average molecular weight is 172 g/mol. The summed E-state index contributed by atoms with van der Waals surface area (Å²) in [6, 6.07) is 0. The summed E-state index contributed by atoms with van der Waals surface area (Å²) in [5.41, 5.74) is 0. The molecule has 0 spiro atoms. The van der Waals surface area contributed by atoms with Crippen LogP contribution in [0.3, 0.4) is 0 Å². The van der Waals surface area contributed by atoms with Crippen molar-refractivity contribution in [3.63, 3.8) is 0 Å². The van der Waals surface area contributed by atoms with Gasteiger partial charge in [0.25, 0.3) is 0 Å². The van der Waals surface area contributed by atoms with Crippen LogP contribution in [0, 0.1) is 11.8 Å². The van der Waals surface area contributed by atoms with Crippen molar-refractivity contribution in [2.24, 2.45) is 11.8 Å². The topological polar surface area (TPSA) is 40.5 Å². The highest BCUT2D eigenvalue weighted by atomic mass is 16.3. The second kappa shape index (κ2) is 6.21. The zero-order valence-electron chi connectivity index (χ0n) is 8.03. The van der Waals surface area contributed by atoms with Crippen LogP contribution in [0.15, 0.2) is 12.7 Å². The Bertz CT molecular complexity index is 123. The molecular weight excluding hydrogens is 152 g/mol. The van der Waals surface area contributed by atoms with Crippen LogP contribution < -0.4 is 0 Å². The molecule has 3 atom stereocenters. The Kier molecular flexibility index (Phi) is 6.03. The van der Waals surface area contributed by atoms with Crippen LogP contribution in [0.25, 0.3) is 0 Å². The molecule has 0 aromatic rings. The van der Waals surface area contributed by atoms with Gasteiger partial charge in [0.15, 0.2) is 0 Å². The molecule has 0 rings (SSSR count). The molecule has 2 N–H and O–H groups in total. The number of aliphatic hydroxyl groups excluding tert-OH is 2. The van der Waals surface area contributed by atoms with Crippen molar-refractivity contribution in [3.05, 3.63) is 12.7 Å². The molecule has 2 nitrogen and oxygen atoms in total. The molecule has 72 valence electrons. The standard InChI is InChI=1S/C10H20O2/c1-4-8(2)5-6-10(12)9(3)7-11/h4,8-12H,1,5-7H2,2-3H3/t8-,9-,10+/m1/s1. The second-order valence-electron chi connectivity index (χ2n) is 3.52. The van der Waals surface area contributed by atoms with Gasteiger partial charge in [0.1, 0.15) is 0 Å². The smallest absolute Gasteiger partial charge is 0.0587 e. The summed E-state index contributed by atoms with van der Waals surface area (Å²) < 4.78 is 0. The SMILES string of the molecule is C=C[C@@H](C)CC[C@H](O)[C@H](C)CO. The lowest BCUT2D eigenvalue weighted by Crippen LogP contribution is -2.21. The van der Waals surface area contributed by atoms with Crippen molar-refractivity contribution in [3.8, 4) is 0 Å². The van der Waals surface area contributed by atoms with Crippen LogP contribution in [-0.2, 0) is 0 Å². The van der Waals surface area contributed by atoms with Gasteiger partial charge in [-0.15, -0.1) is 6.58 Å². The van der Waals surface area contributed by atoms with E-state index in [1.54, 1.807) is 0 Å². The molecular formula is C10H20O2. The summed E-state index contributed by atoms with van der Waals surface area (Å²) in [7, 11) is 0. The lowest BCUT2D eigenvalue weighted by Gasteiger charge is -2.17. The third-order valence-electron chi connectivity index (χ3n) is 2.26. The molecule has 0 amide bonds. The molecule has 2 heteroatoms. The lowest BCUT2D eigenvalue weighted by atomic mass is 9.96. The van der Waals surface area contributed by atoms with Crippen molar-refractivity contribution in [2.75, 3.05) is 6.61 Å². The van der Waals surface area contributed by atoms with Gasteiger partial charge < -0.3 is 10.2 Å². The fraction of sp³-hybridized carbons (Fsp3) is 0.800. The first-order valence-electron chi connectivity index (χ1n) is 4.53. The van der Waals surface area contributed by atoms with Gasteiger partial charge in [-0.1, -0.05) is 19.9 Å². The highest BCUT2D eigenvalue weighted by Gasteiger charge is 2.13. The van der Waals surface area contributed by atoms with Gasteiger partial charge in [-0.2, -0.15) is 0 Å². The van der Waals surface area contributed by atoms with Gasteiger partial charge >= 0.3 is 0 Å². The monoisotopic (exact) mass is 172 g/mol. The van der Waals surface area contributed by atoms with Crippen LogP contribution in [0.5, 0.6) is 0 Å². The predicted octanol–water partition coefficient (Wildman–Crippen LogP) is 1.58. The molecule has 0 saturated heterocycles. The first kappa shape index (κ1) is 11.7. The number of hydrogen-bond donors (Lipinski definition) is 2. The molecule has 0 radical (unpaired) electrons. The van der Waals surface area contributed by atoms with Crippen molar-refractivity contribution in [2.45, 2.75) is 32.8 Å². The number of aliphatic hydroxyl groups is 2. The molecule has 0 unspecified atom stereocenters. The van der Waals surface area contributed by atoms with Gasteiger partial charge in [-0.05, 0) is 18.8 Å². The zero-order valence-corrected chi connectivity index (χ0v) is 8.03. The minimum atomic E-state index is -0.377. The predicted molar refractivity (Wildman–Crippen MR) is 50.9 cm³/mol. The van der Waals surface area contributed by atoms with Gasteiger partial charge in [-0.25, -0.2) is 0 Å². The average Bonchev–Trinajstić information content (AvgIpc) is 2.11. The molecule has 0 aromatic carbocycles. The summed E-state index contributed by atoms with van der Waals surface area (Å²) in [5, 5.41) is 18.2. The maximum absolute atomic E-state index is 9.47. The summed E-state index contributed by atoms with van der Waals surface area (Å²) >= 11 is 0. The summed E-state index contributed by atoms with van der Waals surface area (Å²) in [5.74, 6) is 0.438. The Balaban J connectivity index is 3.55. The molecule has 0 aliphatic heterocycles. The van der Waals surface area contributed by atoms with Crippen molar-refractivity contribution >= 4 is 0 Å². The van der Waals surface area contributed by atoms with E-state index in [-0.39, 0.29) is 18.6 Å². The lowest BCUT2D eigenvalue weighted by molar-refractivity contribution is 0.0671. The van der Waals surface area contributed by atoms with Gasteiger partial charge in [-0.3, -0.25) is 0 Å². The van der Waals surface area contributed by atoms with Gasteiger partial charge in [0, 0.05) is 12.5 Å². The summed E-state index contributed by atoms with van der Waals surface area (Å²) in [6.45, 7) is 7.65. The molecule has 0 aromatic heterocycles. The van der Waals surface area contributed by atoms with Gasteiger partial charge in [0.2, 0.25) is 0 Å². The highest BCUT2D eigenvalue weighted by molar-refractivity contribution is 4.76. The summed E-state index contributed by atoms with van der Waals surface area (Å²) in [4.78, 5) is 0. The Hall–Kier alpha value is -0.340. The van der Waals surface area contributed by atoms with Crippen molar-refractivity contribution in [1.29, 1.82) is 0 Å². The summed E-state index contributed by atoms with van der Waals surface area (Å²) in [6.07, 6.45) is 3.19. The zero-order chi connectivity index (χ0) is 9.56. The highest BCUT2D eigenvalue weighted by Crippen LogP contribution is 2.13. The first-order valence-corrected chi connectivity index (χ1v) is 4.53. The van der Waals surface area contributed by atoms with E-state index in [1.165, 1.54) is 0 Å². The fourth-order valence-corrected chi connectivity index (χ4v) is 0.958.